The Morgan fingerprint density at radius 3 is 2.89 bits per heavy atom. The summed E-state index contributed by atoms with van der Waals surface area (Å²) >= 11 is 1.62. The molecular weight excluding hydrogens is 256 g/mol. The topological polar surface area (TPSA) is 67.6 Å². The van der Waals surface area contributed by atoms with Gasteiger partial charge in [0.25, 0.3) is 0 Å². The van der Waals surface area contributed by atoms with Crippen LogP contribution in [0.4, 0.5) is 5.69 Å². The van der Waals surface area contributed by atoms with Crippen molar-refractivity contribution in [3.8, 4) is 10.7 Å². The Hall–Kier alpha value is -2.40. The SMILES string of the molecule is Nc1cccc(/C=C/c2nc(-c3cccs3)n[nH]2)c1. The van der Waals surface area contributed by atoms with Gasteiger partial charge in [0, 0.05) is 5.69 Å². The molecule has 19 heavy (non-hydrogen) atoms. The summed E-state index contributed by atoms with van der Waals surface area (Å²) in [5.41, 5.74) is 7.51. The van der Waals surface area contributed by atoms with Crippen molar-refractivity contribution in [3.63, 3.8) is 0 Å². The smallest absolute Gasteiger partial charge is 0.191 e. The van der Waals surface area contributed by atoms with Crippen LogP contribution >= 0.6 is 11.3 Å². The molecule has 4 nitrogen and oxygen atoms in total. The first-order chi connectivity index (χ1) is 9.31. The summed E-state index contributed by atoms with van der Waals surface area (Å²) < 4.78 is 0. The molecule has 0 saturated heterocycles. The minimum atomic E-state index is 0.724. The van der Waals surface area contributed by atoms with Crippen molar-refractivity contribution in [2.24, 2.45) is 0 Å². The molecule has 3 aromatic rings. The summed E-state index contributed by atoms with van der Waals surface area (Å²) in [4.78, 5) is 5.47. The number of nitrogens with two attached hydrogens (primary N) is 1. The fourth-order valence-electron chi connectivity index (χ4n) is 1.70. The summed E-state index contributed by atoms with van der Waals surface area (Å²) in [5.74, 6) is 1.45. The van der Waals surface area contributed by atoms with E-state index in [1.807, 2.05) is 53.9 Å². The molecular formula is C14H12N4S. The number of aromatic nitrogens is 3. The number of hydrogen-bond donors (Lipinski definition) is 2. The van der Waals surface area contributed by atoms with Crippen LogP contribution in [0, 0.1) is 0 Å². The lowest BCUT2D eigenvalue weighted by atomic mass is 10.2. The number of nitrogens with zero attached hydrogens (tertiary/aromatic N) is 2. The number of thiophene rings is 1. The lowest BCUT2D eigenvalue weighted by molar-refractivity contribution is 1.08. The lowest BCUT2D eigenvalue weighted by Crippen LogP contribution is -1.83. The van der Waals surface area contributed by atoms with Crippen molar-refractivity contribution in [3.05, 3.63) is 53.2 Å². The largest absolute Gasteiger partial charge is 0.399 e. The van der Waals surface area contributed by atoms with Gasteiger partial charge in [0.15, 0.2) is 5.82 Å². The molecule has 0 aliphatic carbocycles. The molecule has 3 rings (SSSR count). The Kier molecular flexibility index (Phi) is 3.12. The second-order valence-corrected chi connectivity index (χ2v) is 4.97. The molecule has 2 aromatic heterocycles. The fraction of sp³-hybridized carbons (Fsp3) is 0. The maximum absolute atomic E-state index is 5.73. The van der Waals surface area contributed by atoms with Crippen LogP contribution in [0.5, 0.6) is 0 Å². The summed E-state index contributed by atoms with van der Waals surface area (Å²) in [6, 6.07) is 11.7. The third-order valence-corrected chi connectivity index (χ3v) is 3.45. The van der Waals surface area contributed by atoms with E-state index in [2.05, 4.69) is 15.2 Å². The van der Waals surface area contributed by atoms with E-state index in [0.717, 1.165) is 27.8 Å². The summed E-state index contributed by atoms with van der Waals surface area (Å²) in [6.07, 6.45) is 3.84. The Morgan fingerprint density at radius 1 is 1.16 bits per heavy atom. The molecule has 94 valence electrons. The van der Waals surface area contributed by atoms with Gasteiger partial charge in [-0.05, 0) is 35.2 Å². The molecule has 0 saturated carbocycles. The van der Waals surface area contributed by atoms with Crippen LogP contribution in [-0.2, 0) is 0 Å². The van der Waals surface area contributed by atoms with Gasteiger partial charge in [-0.15, -0.1) is 11.3 Å². The van der Waals surface area contributed by atoms with Crippen molar-refractivity contribution < 1.29 is 0 Å². The van der Waals surface area contributed by atoms with Crippen molar-refractivity contribution in [1.82, 2.24) is 15.2 Å². The third-order valence-electron chi connectivity index (χ3n) is 2.59. The van der Waals surface area contributed by atoms with E-state index < -0.39 is 0 Å². The van der Waals surface area contributed by atoms with E-state index in [1.165, 1.54) is 0 Å². The summed E-state index contributed by atoms with van der Waals surface area (Å²) in [5, 5.41) is 9.10. The molecule has 1 aromatic carbocycles. The molecule has 5 heteroatoms. The van der Waals surface area contributed by atoms with Gasteiger partial charge in [-0.25, -0.2) is 4.98 Å². The fourth-order valence-corrected chi connectivity index (χ4v) is 2.36. The zero-order chi connectivity index (χ0) is 13.1. The number of H-pyrrole nitrogens is 1. The van der Waals surface area contributed by atoms with Crippen LogP contribution in [0.1, 0.15) is 11.4 Å². The monoisotopic (exact) mass is 268 g/mol. The molecule has 0 bridgehead atoms. The lowest BCUT2D eigenvalue weighted by Gasteiger charge is -1.94. The molecule has 0 atom stereocenters. The average Bonchev–Trinajstić information content (AvgIpc) is 3.07. The number of aromatic amines is 1. The first-order valence-corrected chi connectivity index (χ1v) is 6.69. The molecule has 0 unspecified atom stereocenters. The van der Waals surface area contributed by atoms with E-state index in [-0.39, 0.29) is 0 Å². The van der Waals surface area contributed by atoms with Crippen molar-refractivity contribution in [2.45, 2.75) is 0 Å². The zero-order valence-corrected chi connectivity index (χ0v) is 10.9. The molecule has 0 amide bonds. The van der Waals surface area contributed by atoms with E-state index >= 15 is 0 Å². The van der Waals surface area contributed by atoms with E-state index in [0.29, 0.717) is 0 Å². The molecule has 0 aliphatic heterocycles. The third kappa shape index (κ3) is 2.71. The molecule has 3 N–H and O–H groups in total. The van der Waals surface area contributed by atoms with Crippen molar-refractivity contribution >= 4 is 29.2 Å². The second kappa shape index (κ2) is 5.07. The number of benzene rings is 1. The highest BCUT2D eigenvalue weighted by atomic mass is 32.1. The van der Waals surface area contributed by atoms with E-state index in [1.54, 1.807) is 11.3 Å². The first-order valence-electron chi connectivity index (χ1n) is 5.81. The van der Waals surface area contributed by atoms with Crippen LogP contribution in [0.2, 0.25) is 0 Å². The number of hydrogen-bond acceptors (Lipinski definition) is 4. The van der Waals surface area contributed by atoms with Gasteiger partial charge >= 0.3 is 0 Å². The van der Waals surface area contributed by atoms with Crippen molar-refractivity contribution in [2.75, 3.05) is 5.73 Å². The minimum Gasteiger partial charge on any atom is -0.399 e. The quantitative estimate of drug-likeness (QED) is 0.716. The number of rotatable bonds is 3. The van der Waals surface area contributed by atoms with Crippen LogP contribution in [-0.4, -0.2) is 15.2 Å². The van der Waals surface area contributed by atoms with Gasteiger partial charge < -0.3 is 5.73 Å². The normalized spacial score (nSPS) is 11.2. The van der Waals surface area contributed by atoms with Gasteiger partial charge in [-0.2, -0.15) is 5.10 Å². The number of anilines is 1. The van der Waals surface area contributed by atoms with Crippen LogP contribution in [0.15, 0.2) is 41.8 Å². The average molecular weight is 268 g/mol. The van der Waals surface area contributed by atoms with Gasteiger partial charge in [0.2, 0.25) is 0 Å². The highest BCUT2D eigenvalue weighted by Gasteiger charge is 2.04. The van der Waals surface area contributed by atoms with Gasteiger partial charge in [0.05, 0.1) is 4.88 Å². The molecule has 0 fully saturated rings. The highest BCUT2D eigenvalue weighted by molar-refractivity contribution is 7.13. The van der Waals surface area contributed by atoms with Gasteiger partial charge in [-0.1, -0.05) is 24.3 Å². The van der Waals surface area contributed by atoms with Gasteiger partial charge in [-0.3, -0.25) is 5.10 Å². The summed E-state index contributed by atoms with van der Waals surface area (Å²) in [7, 11) is 0. The Labute approximate surface area is 114 Å². The molecule has 0 aliphatic rings. The summed E-state index contributed by atoms with van der Waals surface area (Å²) in [6.45, 7) is 0. The first kappa shape index (κ1) is 11.7. The maximum Gasteiger partial charge on any atom is 0.191 e. The van der Waals surface area contributed by atoms with Crippen LogP contribution in [0.25, 0.3) is 22.9 Å². The Balaban J connectivity index is 1.81. The number of nitrogen functional groups attached to an aromatic ring is 1. The zero-order valence-electron chi connectivity index (χ0n) is 10.1. The molecule has 2 heterocycles. The van der Waals surface area contributed by atoms with E-state index in [9.17, 15) is 0 Å². The standard InChI is InChI=1S/C14H12N4S/c15-11-4-1-3-10(9-11)6-7-13-16-14(18-17-13)12-5-2-8-19-12/h1-9H,15H2,(H,16,17,18)/b7-6+. The maximum atomic E-state index is 5.73. The number of nitrogens with one attached hydrogen (secondary N) is 1. The van der Waals surface area contributed by atoms with Crippen LogP contribution in [0.3, 0.4) is 0 Å². The Morgan fingerprint density at radius 2 is 2.11 bits per heavy atom. The highest BCUT2D eigenvalue weighted by Crippen LogP contribution is 2.20. The second-order valence-electron chi connectivity index (χ2n) is 4.03. The molecule has 0 radical (unpaired) electrons. The van der Waals surface area contributed by atoms with Gasteiger partial charge in [0.1, 0.15) is 5.82 Å². The predicted octanol–water partition coefficient (Wildman–Crippen LogP) is 3.29. The van der Waals surface area contributed by atoms with E-state index in [4.69, 9.17) is 5.73 Å². The predicted molar refractivity (Wildman–Crippen MR) is 79.5 cm³/mol. The minimum absolute atomic E-state index is 0.724. The van der Waals surface area contributed by atoms with Crippen LogP contribution < -0.4 is 5.73 Å². The van der Waals surface area contributed by atoms with Crippen molar-refractivity contribution in [1.29, 1.82) is 0 Å². The Bertz CT molecular complexity index is 698. The molecule has 0 spiro atoms.